The van der Waals surface area contributed by atoms with Crippen molar-refractivity contribution in [1.29, 1.82) is 0 Å². The number of anilines is 1. The molecule has 27 heavy (non-hydrogen) atoms. The van der Waals surface area contributed by atoms with Gasteiger partial charge in [0.1, 0.15) is 5.75 Å². The smallest absolute Gasteiger partial charge is 0.548 e. The number of aryl methyl sites for hydroxylation is 1. The predicted molar refractivity (Wildman–Crippen MR) is 94.3 cm³/mol. The maximum absolute atomic E-state index is 12.3. The summed E-state index contributed by atoms with van der Waals surface area (Å²) in [4.78, 5) is 22.9. The van der Waals surface area contributed by atoms with Gasteiger partial charge in [-0.1, -0.05) is 23.4 Å². The Hall–Kier alpha value is -2.42. The summed E-state index contributed by atoms with van der Waals surface area (Å²) in [5, 5.41) is 22.3. The van der Waals surface area contributed by atoms with E-state index in [9.17, 15) is 14.7 Å². The minimum Gasteiger partial charge on any atom is -0.548 e. The van der Waals surface area contributed by atoms with Crippen LogP contribution in [0.3, 0.4) is 0 Å². The number of hydrogen-bond donors (Lipinski definition) is 1. The van der Waals surface area contributed by atoms with Crippen LogP contribution in [-0.2, 0) is 4.79 Å². The molecule has 0 aliphatic carbocycles. The molecule has 0 saturated carbocycles. The number of methoxy groups -OCH3 is 1. The number of nitrogens with zero attached hydrogens (tertiary/aromatic N) is 3. The first-order valence-electron chi connectivity index (χ1n) is 7.78. The van der Waals surface area contributed by atoms with Gasteiger partial charge in [-0.25, -0.2) is 0 Å². The van der Waals surface area contributed by atoms with Crippen molar-refractivity contribution < 1.29 is 49.0 Å². The van der Waals surface area contributed by atoms with E-state index in [4.69, 9.17) is 4.74 Å². The number of hydrogen-bond acceptors (Lipinski definition) is 6. The fraction of sp³-hybridized carbons (Fsp3) is 0.222. The molecule has 8 nitrogen and oxygen atoms in total. The fourth-order valence-corrected chi connectivity index (χ4v) is 2.18. The summed E-state index contributed by atoms with van der Waals surface area (Å²) in [7, 11) is 2.95. The average Bonchev–Trinajstić information content (AvgIpc) is 2.61. The fourth-order valence-electron chi connectivity index (χ4n) is 2.18. The Kier molecular flexibility index (Phi) is 8.93. The van der Waals surface area contributed by atoms with E-state index >= 15 is 0 Å². The normalized spacial score (nSPS) is 10.2. The standard InChI is InChI=1S/C18H20N4O4.Na/c1-12-9-15(19-18(25)13-7-5-4-6-8-13)16(26-3)10-14(12)20-21-22(2)11-17(23)24;/h4-10H,11H2,1-3H3,(H,19,25)(H,23,24);/q;+1/p-1. The van der Waals surface area contributed by atoms with Gasteiger partial charge in [0.15, 0.2) is 0 Å². The van der Waals surface area contributed by atoms with Crippen LogP contribution in [-0.4, -0.2) is 37.6 Å². The van der Waals surface area contributed by atoms with Crippen LogP contribution in [0.4, 0.5) is 11.4 Å². The van der Waals surface area contributed by atoms with Crippen LogP contribution in [0.1, 0.15) is 15.9 Å². The second-order valence-electron chi connectivity index (χ2n) is 5.54. The van der Waals surface area contributed by atoms with Gasteiger partial charge in [-0.05, 0) is 30.7 Å². The van der Waals surface area contributed by atoms with E-state index in [-0.39, 0.29) is 42.0 Å². The van der Waals surface area contributed by atoms with Crippen molar-refractivity contribution in [3.63, 3.8) is 0 Å². The van der Waals surface area contributed by atoms with E-state index < -0.39 is 5.97 Å². The first-order valence-corrected chi connectivity index (χ1v) is 7.78. The number of carbonyl (C=O) groups is 2. The maximum Gasteiger partial charge on any atom is 1.00 e. The molecule has 9 heteroatoms. The van der Waals surface area contributed by atoms with Crippen LogP contribution < -0.4 is 44.7 Å². The van der Waals surface area contributed by atoms with Gasteiger partial charge in [0.05, 0.1) is 31.0 Å². The molecule has 0 spiro atoms. The molecular formula is C18H19N4NaO4. The summed E-state index contributed by atoms with van der Waals surface area (Å²) in [5.41, 5.74) is 2.25. The van der Waals surface area contributed by atoms with Crippen LogP contribution in [0.15, 0.2) is 52.8 Å². The van der Waals surface area contributed by atoms with Gasteiger partial charge in [-0.3, -0.25) is 9.80 Å². The number of nitrogens with one attached hydrogen (secondary N) is 1. The number of benzene rings is 2. The number of ether oxygens (including phenoxy) is 1. The Morgan fingerprint density at radius 3 is 2.48 bits per heavy atom. The molecule has 0 aliphatic heterocycles. The Morgan fingerprint density at radius 2 is 1.89 bits per heavy atom. The third-order valence-electron chi connectivity index (χ3n) is 3.47. The number of carboxylic acid groups (broad SMARTS) is 1. The largest absolute Gasteiger partial charge is 1.00 e. The maximum atomic E-state index is 12.3. The summed E-state index contributed by atoms with van der Waals surface area (Å²) < 4.78 is 5.32. The van der Waals surface area contributed by atoms with Crippen molar-refractivity contribution in [3.05, 3.63) is 53.6 Å². The van der Waals surface area contributed by atoms with Gasteiger partial charge in [-0.15, -0.1) is 5.11 Å². The molecule has 2 aromatic rings. The van der Waals surface area contributed by atoms with Crippen molar-refractivity contribution in [3.8, 4) is 5.75 Å². The Balaban J connectivity index is 0.00000364. The SMILES string of the molecule is COc1cc(N=NN(C)CC(=O)[O-])c(C)cc1NC(=O)c1ccccc1.[Na+]. The Bertz CT molecular complexity index is 828. The zero-order valence-electron chi connectivity index (χ0n) is 15.7. The number of aliphatic carboxylic acids is 1. The van der Waals surface area contributed by atoms with E-state index in [0.717, 1.165) is 10.6 Å². The molecule has 1 amide bonds. The van der Waals surface area contributed by atoms with E-state index in [1.54, 1.807) is 43.3 Å². The summed E-state index contributed by atoms with van der Waals surface area (Å²) >= 11 is 0. The molecule has 136 valence electrons. The van der Waals surface area contributed by atoms with E-state index in [1.807, 2.05) is 6.07 Å². The number of carbonyl (C=O) groups excluding carboxylic acids is 2. The monoisotopic (exact) mass is 378 g/mol. The summed E-state index contributed by atoms with van der Waals surface area (Å²) in [6.45, 7) is 1.43. The van der Waals surface area contributed by atoms with Crippen molar-refractivity contribution in [1.82, 2.24) is 5.01 Å². The molecule has 0 atom stereocenters. The van der Waals surface area contributed by atoms with Gasteiger partial charge in [0.2, 0.25) is 0 Å². The van der Waals surface area contributed by atoms with Crippen molar-refractivity contribution in [2.24, 2.45) is 10.3 Å². The molecule has 0 aliphatic rings. The minimum absolute atomic E-state index is 0. The molecule has 2 aromatic carbocycles. The number of rotatable bonds is 7. The zero-order valence-corrected chi connectivity index (χ0v) is 17.7. The third-order valence-corrected chi connectivity index (χ3v) is 3.47. The van der Waals surface area contributed by atoms with Gasteiger partial charge >= 0.3 is 29.6 Å². The molecular weight excluding hydrogens is 359 g/mol. The summed E-state index contributed by atoms with van der Waals surface area (Å²) in [6, 6.07) is 12.2. The number of carboxylic acids is 1. The van der Waals surface area contributed by atoms with Crippen LogP contribution in [0.25, 0.3) is 0 Å². The number of amides is 1. The molecule has 0 fully saturated rings. The topological polar surface area (TPSA) is 106 Å². The van der Waals surface area contributed by atoms with Crippen molar-refractivity contribution >= 4 is 23.3 Å². The molecule has 2 rings (SSSR count). The predicted octanol–water partition coefficient (Wildman–Crippen LogP) is -1.06. The van der Waals surface area contributed by atoms with E-state index in [1.165, 1.54) is 14.2 Å². The van der Waals surface area contributed by atoms with Gasteiger partial charge in [0.25, 0.3) is 5.91 Å². The first-order chi connectivity index (χ1) is 12.4. The van der Waals surface area contributed by atoms with Gasteiger partial charge in [0, 0.05) is 18.7 Å². The molecule has 0 heterocycles. The van der Waals surface area contributed by atoms with Crippen molar-refractivity contribution in [2.45, 2.75) is 6.92 Å². The average molecular weight is 378 g/mol. The van der Waals surface area contributed by atoms with Crippen molar-refractivity contribution in [2.75, 3.05) is 26.0 Å². The van der Waals surface area contributed by atoms with E-state index in [0.29, 0.717) is 22.7 Å². The quantitative estimate of drug-likeness (QED) is 0.376. The van der Waals surface area contributed by atoms with Gasteiger partial charge in [-0.2, -0.15) is 0 Å². The minimum atomic E-state index is -1.25. The second kappa shape index (κ2) is 10.7. The van der Waals surface area contributed by atoms with Crippen LogP contribution in [0, 0.1) is 6.92 Å². The molecule has 0 bridgehead atoms. The summed E-state index contributed by atoms with van der Waals surface area (Å²) in [5.74, 6) is -1.09. The molecule has 0 saturated heterocycles. The summed E-state index contributed by atoms with van der Waals surface area (Å²) in [6.07, 6.45) is 0. The molecule has 1 N–H and O–H groups in total. The number of likely N-dealkylation sites (N-methyl/N-ethyl adjacent to an activating group) is 1. The first kappa shape index (κ1) is 22.6. The molecule has 0 unspecified atom stereocenters. The van der Waals surface area contributed by atoms with Crippen LogP contribution >= 0.6 is 0 Å². The molecule has 0 radical (unpaired) electrons. The van der Waals surface area contributed by atoms with Crippen LogP contribution in [0.5, 0.6) is 5.75 Å². The zero-order chi connectivity index (χ0) is 19.1. The Morgan fingerprint density at radius 1 is 1.22 bits per heavy atom. The second-order valence-corrected chi connectivity index (χ2v) is 5.54. The molecule has 0 aromatic heterocycles. The third kappa shape index (κ3) is 6.67. The van der Waals surface area contributed by atoms with Crippen LogP contribution in [0.2, 0.25) is 0 Å². The van der Waals surface area contributed by atoms with Gasteiger partial charge < -0.3 is 20.0 Å². The van der Waals surface area contributed by atoms with E-state index in [2.05, 4.69) is 15.7 Å². The Labute approximate surface area is 179 Å².